The number of aromatic nitrogens is 1. The van der Waals surface area contributed by atoms with Crippen LogP contribution in [0.5, 0.6) is 0 Å². The molecular weight excluding hydrogens is 332 g/mol. The molecule has 1 aliphatic rings. The van der Waals surface area contributed by atoms with Gasteiger partial charge in [0, 0.05) is 29.7 Å². The van der Waals surface area contributed by atoms with Crippen molar-refractivity contribution in [3.63, 3.8) is 0 Å². The molecule has 1 amide bonds. The maximum atomic E-state index is 12.2. The quantitative estimate of drug-likeness (QED) is 0.928. The van der Waals surface area contributed by atoms with Gasteiger partial charge in [0.25, 0.3) is 0 Å². The van der Waals surface area contributed by atoms with E-state index in [1.165, 1.54) is 16.2 Å². The Hall–Kier alpha value is -1.88. The largest absolute Gasteiger partial charge is 0.325 e. The standard InChI is InChI=1S/C16H15BrN2O2/c1-19-9-12(5-6-15(19)20)18-16(21)14-8-13(14)10-3-2-4-11(17)7-10/h2-7,9,13-14H,8H2,1H3,(H,18,21)/t13-,14-/m1/s1. The van der Waals surface area contributed by atoms with Gasteiger partial charge in [0.2, 0.25) is 11.5 Å². The van der Waals surface area contributed by atoms with Gasteiger partial charge in [0.1, 0.15) is 0 Å². The molecule has 1 N–H and O–H groups in total. The van der Waals surface area contributed by atoms with E-state index in [1.54, 1.807) is 19.3 Å². The van der Waals surface area contributed by atoms with Crippen molar-refractivity contribution in [1.29, 1.82) is 0 Å². The number of hydrogen-bond donors (Lipinski definition) is 1. The smallest absolute Gasteiger partial charge is 0.250 e. The van der Waals surface area contributed by atoms with E-state index in [0.29, 0.717) is 5.69 Å². The van der Waals surface area contributed by atoms with Gasteiger partial charge in [-0.2, -0.15) is 0 Å². The molecule has 1 fully saturated rings. The number of carbonyl (C=O) groups is 1. The molecule has 21 heavy (non-hydrogen) atoms. The maximum Gasteiger partial charge on any atom is 0.250 e. The summed E-state index contributed by atoms with van der Waals surface area (Å²) in [6.45, 7) is 0. The molecule has 108 valence electrons. The van der Waals surface area contributed by atoms with Crippen LogP contribution in [0.2, 0.25) is 0 Å². The molecule has 1 aliphatic carbocycles. The van der Waals surface area contributed by atoms with Crippen molar-refractivity contribution in [3.8, 4) is 0 Å². The molecule has 1 aromatic heterocycles. The van der Waals surface area contributed by atoms with Crippen molar-refractivity contribution >= 4 is 27.5 Å². The van der Waals surface area contributed by atoms with Gasteiger partial charge in [0.15, 0.2) is 0 Å². The van der Waals surface area contributed by atoms with E-state index in [9.17, 15) is 9.59 Å². The van der Waals surface area contributed by atoms with Crippen LogP contribution in [-0.2, 0) is 11.8 Å². The van der Waals surface area contributed by atoms with Crippen LogP contribution in [0.4, 0.5) is 5.69 Å². The molecule has 0 radical (unpaired) electrons. The molecule has 5 heteroatoms. The molecule has 2 aromatic rings. The van der Waals surface area contributed by atoms with Crippen LogP contribution in [0, 0.1) is 5.92 Å². The Labute approximate surface area is 130 Å². The van der Waals surface area contributed by atoms with Gasteiger partial charge < -0.3 is 9.88 Å². The number of nitrogens with one attached hydrogen (secondary N) is 1. The Morgan fingerprint density at radius 1 is 1.33 bits per heavy atom. The molecule has 1 heterocycles. The third-order valence-corrected chi connectivity index (χ3v) is 4.25. The van der Waals surface area contributed by atoms with E-state index in [-0.39, 0.29) is 23.3 Å². The minimum absolute atomic E-state index is 0.0107. The zero-order valence-corrected chi connectivity index (χ0v) is 13.1. The van der Waals surface area contributed by atoms with Crippen molar-refractivity contribution < 1.29 is 4.79 Å². The molecular formula is C16H15BrN2O2. The van der Waals surface area contributed by atoms with E-state index in [2.05, 4.69) is 33.4 Å². The minimum atomic E-state index is -0.0913. The summed E-state index contributed by atoms with van der Waals surface area (Å²) in [5.41, 5.74) is 1.75. The third-order valence-electron chi connectivity index (χ3n) is 3.76. The number of carbonyl (C=O) groups excluding carboxylic acids is 1. The van der Waals surface area contributed by atoms with Crippen LogP contribution in [0.15, 0.2) is 51.9 Å². The number of pyridine rings is 1. The molecule has 1 aromatic carbocycles. The second kappa shape index (κ2) is 5.48. The van der Waals surface area contributed by atoms with Crippen molar-refractivity contribution in [1.82, 2.24) is 4.57 Å². The lowest BCUT2D eigenvalue weighted by atomic mass is 10.1. The lowest BCUT2D eigenvalue weighted by Gasteiger charge is -2.06. The zero-order chi connectivity index (χ0) is 15.0. The van der Waals surface area contributed by atoms with Gasteiger partial charge in [-0.15, -0.1) is 0 Å². The zero-order valence-electron chi connectivity index (χ0n) is 11.5. The van der Waals surface area contributed by atoms with Crippen LogP contribution in [-0.4, -0.2) is 10.5 Å². The highest BCUT2D eigenvalue weighted by Crippen LogP contribution is 2.48. The van der Waals surface area contributed by atoms with Crippen LogP contribution < -0.4 is 10.9 Å². The summed E-state index contributed by atoms with van der Waals surface area (Å²) in [5, 5.41) is 2.88. The first-order chi connectivity index (χ1) is 10.0. The van der Waals surface area contributed by atoms with Crippen LogP contribution >= 0.6 is 15.9 Å². The van der Waals surface area contributed by atoms with Gasteiger partial charge >= 0.3 is 0 Å². The fraction of sp³-hybridized carbons (Fsp3) is 0.250. The van der Waals surface area contributed by atoms with Crippen molar-refractivity contribution in [3.05, 3.63) is 63.0 Å². The lowest BCUT2D eigenvalue weighted by molar-refractivity contribution is -0.117. The lowest BCUT2D eigenvalue weighted by Crippen LogP contribution is -2.19. The van der Waals surface area contributed by atoms with Crippen molar-refractivity contribution in [2.75, 3.05) is 5.32 Å². The molecule has 0 aliphatic heterocycles. The number of aryl methyl sites for hydroxylation is 1. The number of anilines is 1. The van der Waals surface area contributed by atoms with E-state index in [4.69, 9.17) is 0 Å². The number of halogens is 1. The Morgan fingerprint density at radius 2 is 2.14 bits per heavy atom. The maximum absolute atomic E-state index is 12.2. The average molecular weight is 347 g/mol. The Morgan fingerprint density at radius 3 is 2.86 bits per heavy atom. The summed E-state index contributed by atoms with van der Waals surface area (Å²) < 4.78 is 2.48. The van der Waals surface area contributed by atoms with Gasteiger partial charge in [-0.05, 0) is 36.1 Å². The topological polar surface area (TPSA) is 51.1 Å². The highest BCUT2D eigenvalue weighted by atomic mass is 79.9. The van der Waals surface area contributed by atoms with E-state index < -0.39 is 0 Å². The van der Waals surface area contributed by atoms with E-state index in [1.807, 2.05) is 12.1 Å². The summed E-state index contributed by atoms with van der Waals surface area (Å²) >= 11 is 3.45. The number of amides is 1. The second-order valence-electron chi connectivity index (χ2n) is 5.36. The van der Waals surface area contributed by atoms with Crippen molar-refractivity contribution in [2.45, 2.75) is 12.3 Å². The summed E-state index contributed by atoms with van der Waals surface area (Å²) in [6.07, 6.45) is 2.50. The highest BCUT2D eigenvalue weighted by Gasteiger charge is 2.43. The summed E-state index contributed by atoms with van der Waals surface area (Å²) in [7, 11) is 1.67. The Balaban J connectivity index is 1.68. The van der Waals surface area contributed by atoms with E-state index in [0.717, 1.165) is 10.9 Å². The Bertz CT molecular complexity index is 754. The second-order valence-corrected chi connectivity index (χ2v) is 6.28. The van der Waals surface area contributed by atoms with Gasteiger partial charge in [-0.1, -0.05) is 28.1 Å². The normalized spacial score (nSPS) is 20.1. The first-order valence-corrected chi connectivity index (χ1v) is 7.57. The van der Waals surface area contributed by atoms with Crippen LogP contribution in [0.25, 0.3) is 0 Å². The fourth-order valence-electron chi connectivity index (χ4n) is 2.49. The number of nitrogens with zero attached hydrogens (tertiary/aromatic N) is 1. The predicted molar refractivity (Wildman–Crippen MR) is 85.3 cm³/mol. The highest BCUT2D eigenvalue weighted by molar-refractivity contribution is 9.10. The number of hydrogen-bond acceptors (Lipinski definition) is 2. The molecule has 0 bridgehead atoms. The van der Waals surface area contributed by atoms with Crippen LogP contribution in [0.1, 0.15) is 17.9 Å². The molecule has 3 rings (SSSR count). The predicted octanol–water partition coefficient (Wildman–Crippen LogP) is 2.89. The number of rotatable bonds is 3. The third kappa shape index (κ3) is 3.08. The average Bonchev–Trinajstić information content (AvgIpc) is 3.23. The SMILES string of the molecule is Cn1cc(NC(=O)[C@@H]2C[C@@H]2c2cccc(Br)c2)ccc1=O. The van der Waals surface area contributed by atoms with Gasteiger partial charge in [-0.3, -0.25) is 9.59 Å². The summed E-state index contributed by atoms with van der Waals surface area (Å²) in [6, 6.07) is 11.2. The Kier molecular flexibility index (Phi) is 3.68. The number of benzene rings is 1. The first-order valence-electron chi connectivity index (χ1n) is 6.77. The van der Waals surface area contributed by atoms with Crippen LogP contribution in [0.3, 0.4) is 0 Å². The minimum Gasteiger partial charge on any atom is -0.325 e. The molecule has 1 saturated carbocycles. The molecule has 0 saturated heterocycles. The van der Waals surface area contributed by atoms with Gasteiger partial charge in [-0.25, -0.2) is 0 Å². The molecule has 0 unspecified atom stereocenters. The van der Waals surface area contributed by atoms with E-state index >= 15 is 0 Å². The fourth-order valence-corrected chi connectivity index (χ4v) is 2.91. The molecule has 2 atom stereocenters. The monoisotopic (exact) mass is 346 g/mol. The molecule has 0 spiro atoms. The summed E-state index contributed by atoms with van der Waals surface area (Å²) in [5.74, 6) is 0.310. The molecule has 4 nitrogen and oxygen atoms in total. The first kappa shape index (κ1) is 14.1. The summed E-state index contributed by atoms with van der Waals surface area (Å²) in [4.78, 5) is 23.5. The van der Waals surface area contributed by atoms with Crippen molar-refractivity contribution in [2.24, 2.45) is 13.0 Å². The van der Waals surface area contributed by atoms with Gasteiger partial charge in [0.05, 0.1) is 5.69 Å².